The molecule has 156 valence electrons. The van der Waals surface area contributed by atoms with Crippen LogP contribution in [-0.4, -0.2) is 33.5 Å². The van der Waals surface area contributed by atoms with Gasteiger partial charge in [-0.3, -0.25) is 4.79 Å². The van der Waals surface area contributed by atoms with Gasteiger partial charge in [0.1, 0.15) is 5.75 Å². The predicted molar refractivity (Wildman–Crippen MR) is 108 cm³/mol. The molecule has 0 aliphatic carbocycles. The summed E-state index contributed by atoms with van der Waals surface area (Å²) in [5.41, 5.74) is 0.646. The highest BCUT2D eigenvalue weighted by Gasteiger charge is 2.12. The third-order valence-corrected chi connectivity index (χ3v) is 4.78. The Balaban J connectivity index is 1.81. The first kappa shape index (κ1) is 22.4. The van der Waals surface area contributed by atoms with Gasteiger partial charge in [-0.05, 0) is 60.9 Å². The van der Waals surface area contributed by atoms with E-state index < -0.39 is 28.5 Å². The number of esters is 1. The van der Waals surface area contributed by atoms with Crippen molar-refractivity contribution in [3.63, 3.8) is 0 Å². The molecule has 0 aliphatic heterocycles. The summed E-state index contributed by atoms with van der Waals surface area (Å²) in [6.45, 7) is 4.33. The first-order chi connectivity index (χ1) is 13.6. The molecule has 0 saturated heterocycles. The molecule has 0 radical (unpaired) electrons. The summed E-state index contributed by atoms with van der Waals surface area (Å²) in [6, 6.07) is 11.8. The summed E-state index contributed by atoms with van der Waals surface area (Å²) >= 11 is 0. The Morgan fingerprint density at radius 1 is 1.03 bits per heavy atom. The highest BCUT2D eigenvalue weighted by Crippen LogP contribution is 2.15. The first-order valence-electron chi connectivity index (χ1n) is 8.98. The number of amides is 1. The molecule has 0 bridgehead atoms. The lowest BCUT2D eigenvalue weighted by molar-refractivity contribution is -0.119. The fourth-order valence-electron chi connectivity index (χ4n) is 2.24. The molecule has 29 heavy (non-hydrogen) atoms. The van der Waals surface area contributed by atoms with Crippen LogP contribution in [0.2, 0.25) is 0 Å². The van der Waals surface area contributed by atoms with Crippen molar-refractivity contribution in [2.24, 2.45) is 11.1 Å². The molecule has 0 fully saturated rings. The topological polar surface area (TPSA) is 125 Å². The van der Waals surface area contributed by atoms with Gasteiger partial charge in [0.15, 0.2) is 6.61 Å². The number of hydrogen-bond acceptors (Lipinski definition) is 6. The number of rotatable bonds is 9. The number of carbonyl (C=O) groups is 2. The molecular weight excluding hydrogens is 396 g/mol. The molecule has 0 spiro atoms. The lowest BCUT2D eigenvalue weighted by Gasteiger charge is -2.09. The number of ether oxygens (including phenoxy) is 2. The molecule has 0 unspecified atom stereocenters. The van der Waals surface area contributed by atoms with Crippen LogP contribution in [0.1, 0.15) is 30.6 Å². The summed E-state index contributed by atoms with van der Waals surface area (Å²) in [5, 5.41) is 7.51. The monoisotopic (exact) mass is 420 g/mol. The minimum Gasteiger partial charge on any atom is -0.494 e. The Kier molecular flexibility index (Phi) is 7.74. The van der Waals surface area contributed by atoms with Gasteiger partial charge in [0.25, 0.3) is 5.91 Å². The molecule has 9 heteroatoms. The largest absolute Gasteiger partial charge is 0.494 e. The van der Waals surface area contributed by atoms with Crippen molar-refractivity contribution in [1.29, 1.82) is 0 Å². The summed E-state index contributed by atoms with van der Waals surface area (Å²) in [5.74, 6) is -0.00119. The Morgan fingerprint density at radius 2 is 1.66 bits per heavy atom. The molecule has 0 aliphatic rings. The molecule has 0 atom stereocenters. The van der Waals surface area contributed by atoms with Gasteiger partial charge < -0.3 is 14.8 Å². The van der Waals surface area contributed by atoms with E-state index in [0.29, 0.717) is 29.5 Å². The van der Waals surface area contributed by atoms with E-state index in [1.807, 2.05) is 0 Å². The predicted octanol–water partition coefficient (Wildman–Crippen LogP) is 2.55. The molecule has 2 rings (SSSR count). The van der Waals surface area contributed by atoms with Crippen molar-refractivity contribution < 1.29 is 27.5 Å². The molecule has 2 aromatic carbocycles. The van der Waals surface area contributed by atoms with Gasteiger partial charge in [-0.25, -0.2) is 18.4 Å². The lowest BCUT2D eigenvalue weighted by atomic mass is 10.1. The minimum absolute atomic E-state index is 0.0708. The van der Waals surface area contributed by atoms with E-state index in [9.17, 15) is 18.0 Å². The normalized spacial score (nSPS) is 11.2. The minimum atomic E-state index is -3.80. The Bertz CT molecular complexity index is 938. The van der Waals surface area contributed by atoms with Crippen LogP contribution in [0.5, 0.6) is 5.75 Å². The van der Waals surface area contributed by atoms with Crippen LogP contribution in [-0.2, 0) is 19.6 Å². The smallest absolute Gasteiger partial charge is 0.338 e. The van der Waals surface area contributed by atoms with E-state index in [4.69, 9.17) is 14.6 Å². The van der Waals surface area contributed by atoms with Gasteiger partial charge in [-0.1, -0.05) is 13.8 Å². The molecule has 1 amide bonds. The van der Waals surface area contributed by atoms with Gasteiger partial charge >= 0.3 is 5.97 Å². The van der Waals surface area contributed by atoms with E-state index >= 15 is 0 Å². The van der Waals surface area contributed by atoms with Gasteiger partial charge in [0, 0.05) is 5.69 Å². The van der Waals surface area contributed by atoms with Crippen molar-refractivity contribution in [2.45, 2.75) is 25.2 Å². The standard InChI is InChI=1S/C20H24N2O6S/c1-14(2)11-12-27-17-7-3-15(4-8-17)20(24)28-13-19(23)22-16-5-9-18(10-6-16)29(21,25)26/h3-10,14H,11-13H2,1-2H3,(H,22,23)(H2,21,25,26). The summed E-state index contributed by atoms with van der Waals surface area (Å²) in [4.78, 5) is 23.9. The maximum absolute atomic E-state index is 12.0. The fourth-order valence-corrected chi connectivity index (χ4v) is 2.75. The Labute approximate surface area is 170 Å². The van der Waals surface area contributed by atoms with Gasteiger partial charge in [-0.2, -0.15) is 0 Å². The fraction of sp³-hybridized carbons (Fsp3) is 0.300. The van der Waals surface area contributed by atoms with E-state index in [2.05, 4.69) is 19.2 Å². The van der Waals surface area contributed by atoms with E-state index in [-0.39, 0.29) is 4.90 Å². The average molecular weight is 420 g/mol. The molecule has 8 nitrogen and oxygen atoms in total. The highest BCUT2D eigenvalue weighted by molar-refractivity contribution is 7.89. The zero-order valence-corrected chi connectivity index (χ0v) is 17.1. The molecular formula is C20H24N2O6S. The average Bonchev–Trinajstić information content (AvgIpc) is 2.66. The number of nitrogens with one attached hydrogen (secondary N) is 1. The van der Waals surface area contributed by atoms with Crippen LogP contribution in [0, 0.1) is 5.92 Å². The van der Waals surface area contributed by atoms with Crippen molar-refractivity contribution in [1.82, 2.24) is 0 Å². The third-order valence-electron chi connectivity index (χ3n) is 3.85. The first-order valence-corrected chi connectivity index (χ1v) is 10.5. The van der Waals surface area contributed by atoms with Crippen LogP contribution < -0.4 is 15.2 Å². The summed E-state index contributed by atoms with van der Waals surface area (Å²) in [6.07, 6.45) is 0.934. The second kappa shape index (κ2) is 10.0. The van der Waals surface area contributed by atoms with Crippen LogP contribution in [0.3, 0.4) is 0 Å². The van der Waals surface area contributed by atoms with Crippen molar-refractivity contribution in [3.05, 3.63) is 54.1 Å². The number of hydrogen-bond donors (Lipinski definition) is 2. The lowest BCUT2D eigenvalue weighted by Crippen LogP contribution is -2.21. The Hall–Kier alpha value is -2.91. The zero-order valence-electron chi connectivity index (χ0n) is 16.3. The molecule has 3 N–H and O–H groups in total. The number of benzene rings is 2. The van der Waals surface area contributed by atoms with E-state index in [1.165, 1.54) is 24.3 Å². The van der Waals surface area contributed by atoms with Crippen LogP contribution in [0.4, 0.5) is 5.69 Å². The van der Waals surface area contributed by atoms with Crippen LogP contribution >= 0.6 is 0 Å². The maximum atomic E-state index is 12.0. The van der Waals surface area contributed by atoms with Gasteiger partial charge in [0.2, 0.25) is 10.0 Å². The van der Waals surface area contributed by atoms with Crippen LogP contribution in [0.15, 0.2) is 53.4 Å². The molecule has 0 heterocycles. The zero-order chi connectivity index (χ0) is 21.4. The van der Waals surface area contributed by atoms with Crippen molar-refractivity contribution in [2.75, 3.05) is 18.5 Å². The molecule has 0 aromatic heterocycles. The Morgan fingerprint density at radius 3 is 2.21 bits per heavy atom. The van der Waals surface area contributed by atoms with Crippen molar-refractivity contribution >= 4 is 27.6 Å². The summed E-state index contributed by atoms with van der Waals surface area (Å²) < 4.78 is 33.0. The van der Waals surface area contributed by atoms with E-state index in [1.54, 1.807) is 24.3 Å². The molecule has 0 saturated carbocycles. The van der Waals surface area contributed by atoms with Gasteiger partial charge in [-0.15, -0.1) is 0 Å². The van der Waals surface area contributed by atoms with Gasteiger partial charge in [0.05, 0.1) is 17.1 Å². The second-order valence-corrected chi connectivity index (χ2v) is 8.31. The van der Waals surface area contributed by atoms with Crippen LogP contribution in [0.25, 0.3) is 0 Å². The highest BCUT2D eigenvalue weighted by atomic mass is 32.2. The quantitative estimate of drug-likeness (QED) is 0.601. The number of anilines is 1. The number of sulfonamides is 1. The maximum Gasteiger partial charge on any atom is 0.338 e. The van der Waals surface area contributed by atoms with Crippen molar-refractivity contribution in [3.8, 4) is 5.75 Å². The molecule has 2 aromatic rings. The second-order valence-electron chi connectivity index (χ2n) is 6.75. The van der Waals surface area contributed by atoms with E-state index in [0.717, 1.165) is 6.42 Å². The number of carbonyl (C=O) groups excluding carboxylic acids is 2. The third kappa shape index (κ3) is 7.55. The number of primary sulfonamides is 1. The number of nitrogens with two attached hydrogens (primary N) is 1. The SMILES string of the molecule is CC(C)CCOc1ccc(C(=O)OCC(=O)Nc2ccc(S(N)(=O)=O)cc2)cc1. The summed E-state index contributed by atoms with van der Waals surface area (Å²) in [7, 11) is -3.80.